The fourth-order valence-electron chi connectivity index (χ4n) is 1.89. The van der Waals surface area contributed by atoms with Gasteiger partial charge in [0.25, 0.3) is 0 Å². The second-order valence-electron chi connectivity index (χ2n) is 3.80. The molecule has 0 bridgehead atoms. The zero-order valence-corrected chi connectivity index (χ0v) is 9.60. The Morgan fingerprint density at radius 1 is 1.50 bits per heavy atom. The van der Waals surface area contributed by atoms with Crippen LogP contribution in [0.1, 0.15) is 13.3 Å². The lowest BCUT2D eigenvalue weighted by Gasteiger charge is -2.29. The van der Waals surface area contributed by atoms with Crippen molar-refractivity contribution in [3.63, 3.8) is 0 Å². The number of ether oxygens (including phenoxy) is 1. The highest BCUT2D eigenvalue weighted by Gasteiger charge is 2.39. The molecule has 0 saturated carbocycles. The molecule has 0 spiro atoms. The molecule has 0 radical (unpaired) electrons. The Kier molecular flexibility index (Phi) is 4.54. The van der Waals surface area contributed by atoms with E-state index in [1.807, 2.05) is 6.92 Å². The number of carbonyl (C=O) groups is 2. The lowest BCUT2D eigenvalue weighted by Crippen LogP contribution is -2.50. The highest BCUT2D eigenvalue weighted by atomic mass is 16.5. The first-order valence-corrected chi connectivity index (χ1v) is 5.40. The van der Waals surface area contributed by atoms with Crippen LogP contribution in [0.4, 0.5) is 4.79 Å². The standard InChI is InChI=1S/C10H18N2O4/c1-3-4-12(10(15)11-2)8-6-16-5-7(8)9(13)14/h7-8H,3-6H2,1-2H3,(H,11,15)(H,13,14). The number of hydrogen-bond donors (Lipinski definition) is 2. The van der Waals surface area contributed by atoms with E-state index in [0.29, 0.717) is 13.2 Å². The number of urea groups is 1. The topological polar surface area (TPSA) is 78.9 Å². The van der Waals surface area contributed by atoms with Gasteiger partial charge in [0.05, 0.1) is 19.3 Å². The summed E-state index contributed by atoms with van der Waals surface area (Å²) in [6.07, 6.45) is 0.788. The van der Waals surface area contributed by atoms with Crippen molar-refractivity contribution in [2.24, 2.45) is 5.92 Å². The third-order valence-corrected chi connectivity index (χ3v) is 2.71. The van der Waals surface area contributed by atoms with Crippen LogP contribution in [-0.2, 0) is 9.53 Å². The van der Waals surface area contributed by atoms with Gasteiger partial charge in [-0.25, -0.2) is 4.79 Å². The number of rotatable bonds is 4. The monoisotopic (exact) mass is 230 g/mol. The predicted octanol–water partition coefficient (Wildman–Crippen LogP) is 0.137. The van der Waals surface area contributed by atoms with Crippen LogP contribution in [-0.4, -0.2) is 54.9 Å². The molecule has 0 aliphatic carbocycles. The molecule has 0 aromatic rings. The van der Waals surface area contributed by atoms with E-state index in [9.17, 15) is 9.59 Å². The van der Waals surface area contributed by atoms with E-state index in [-0.39, 0.29) is 18.7 Å². The van der Waals surface area contributed by atoms with Crippen LogP contribution in [0, 0.1) is 5.92 Å². The molecule has 1 rings (SSSR count). The molecule has 1 aliphatic rings. The number of carboxylic acid groups (broad SMARTS) is 1. The number of amides is 2. The minimum atomic E-state index is -0.910. The molecule has 0 aromatic heterocycles. The quantitative estimate of drug-likeness (QED) is 0.720. The van der Waals surface area contributed by atoms with Gasteiger partial charge in [0, 0.05) is 13.6 Å². The van der Waals surface area contributed by atoms with Crippen molar-refractivity contribution in [2.75, 3.05) is 26.8 Å². The van der Waals surface area contributed by atoms with Gasteiger partial charge in [-0.3, -0.25) is 4.79 Å². The maximum absolute atomic E-state index is 11.6. The zero-order chi connectivity index (χ0) is 12.1. The third kappa shape index (κ3) is 2.63. The Bertz CT molecular complexity index is 270. The van der Waals surface area contributed by atoms with Crippen LogP contribution in [0.2, 0.25) is 0 Å². The van der Waals surface area contributed by atoms with Crippen molar-refractivity contribution in [1.82, 2.24) is 10.2 Å². The first-order valence-electron chi connectivity index (χ1n) is 5.40. The van der Waals surface area contributed by atoms with Gasteiger partial charge in [-0.05, 0) is 6.42 Å². The zero-order valence-electron chi connectivity index (χ0n) is 9.60. The molecule has 6 nitrogen and oxygen atoms in total. The summed E-state index contributed by atoms with van der Waals surface area (Å²) in [6, 6.07) is -0.610. The van der Waals surface area contributed by atoms with E-state index in [4.69, 9.17) is 9.84 Å². The summed E-state index contributed by atoms with van der Waals surface area (Å²) in [7, 11) is 1.54. The fourth-order valence-corrected chi connectivity index (χ4v) is 1.89. The van der Waals surface area contributed by atoms with Gasteiger partial charge in [0.15, 0.2) is 0 Å². The molecule has 2 N–H and O–H groups in total. The normalized spacial score (nSPS) is 24.1. The van der Waals surface area contributed by atoms with Crippen molar-refractivity contribution < 1.29 is 19.4 Å². The Balaban J connectivity index is 2.76. The van der Waals surface area contributed by atoms with E-state index in [2.05, 4.69) is 5.32 Å². The van der Waals surface area contributed by atoms with Gasteiger partial charge in [0.2, 0.25) is 0 Å². The molecule has 1 aliphatic heterocycles. The summed E-state index contributed by atoms with van der Waals surface area (Å²) >= 11 is 0. The molecule has 92 valence electrons. The average Bonchev–Trinajstić information content (AvgIpc) is 2.73. The fraction of sp³-hybridized carbons (Fsp3) is 0.800. The summed E-state index contributed by atoms with van der Waals surface area (Å²) in [5.41, 5.74) is 0. The van der Waals surface area contributed by atoms with Gasteiger partial charge < -0.3 is 20.1 Å². The molecular weight excluding hydrogens is 212 g/mol. The van der Waals surface area contributed by atoms with Crippen LogP contribution in [0.25, 0.3) is 0 Å². The molecule has 1 saturated heterocycles. The van der Waals surface area contributed by atoms with Gasteiger partial charge in [-0.15, -0.1) is 0 Å². The van der Waals surface area contributed by atoms with Crippen LogP contribution >= 0.6 is 0 Å². The van der Waals surface area contributed by atoms with Crippen LogP contribution in [0.3, 0.4) is 0 Å². The number of carboxylic acids is 1. The first-order chi connectivity index (χ1) is 7.61. The van der Waals surface area contributed by atoms with Crippen molar-refractivity contribution in [1.29, 1.82) is 0 Å². The number of nitrogens with one attached hydrogen (secondary N) is 1. The summed E-state index contributed by atoms with van der Waals surface area (Å²) < 4.78 is 5.15. The lowest BCUT2D eigenvalue weighted by atomic mass is 10.0. The summed E-state index contributed by atoms with van der Waals surface area (Å²) in [6.45, 7) is 2.96. The molecule has 1 fully saturated rings. The molecule has 6 heteroatoms. The van der Waals surface area contributed by atoms with Gasteiger partial charge in [-0.1, -0.05) is 6.92 Å². The minimum Gasteiger partial charge on any atom is -0.481 e. The van der Waals surface area contributed by atoms with E-state index >= 15 is 0 Å². The molecule has 16 heavy (non-hydrogen) atoms. The second-order valence-corrected chi connectivity index (χ2v) is 3.80. The number of hydrogen-bond acceptors (Lipinski definition) is 3. The Labute approximate surface area is 94.6 Å². The SMILES string of the molecule is CCCN(C(=O)NC)C1COCC1C(=O)O. The van der Waals surface area contributed by atoms with Crippen LogP contribution < -0.4 is 5.32 Å². The Morgan fingerprint density at radius 3 is 2.69 bits per heavy atom. The lowest BCUT2D eigenvalue weighted by molar-refractivity contribution is -0.142. The van der Waals surface area contributed by atoms with E-state index in [1.165, 1.54) is 7.05 Å². The summed E-state index contributed by atoms with van der Waals surface area (Å²) in [4.78, 5) is 24.2. The van der Waals surface area contributed by atoms with Gasteiger partial charge in [-0.2, -0.15) is 0 Å². The molecular formula is C10H18N2O4. The van der Waals surface area contributed by atoms with Gasteiger partial charge >= 0.3 is 12.0 Å². The predicted molar refractivity (Wildman–Crippen MR) is 57.2 cm³/mol. The smallest absolute Gasteiger partial charge is 0.317 e. The summed E-state index contributed by atoms with van der Waals surface area (Å²) in [5, 5.41) is 11.5. The van der Waals surface area contributed by atoms with Crippen LogP contribution in [0.5, 0.6) is 0 Å². The molecule has 2 unspecified atom stereocenters. The van der Waals surface area contributed by atoms with E-state index in [1.54, 1.807) is 4.90 Å². The highest BCUT2D eigenvalue weighted by Crippen LogP contribution is 2.20. The van der Waals surface area contributed by atoms with Crippen molar-refractivity contribution >= 4 is 12.0 Å². The number of carbonyl (C=O) groups excluding carboxylic acids is 1. The largest absolute Gasteiger partial charge is 0.481 e. The highest BCUT2D eigenvalue weighted by molar-refractivity contribution is 5.77. The van der Waals surface area contributed by atoms with Crippen LogP contribution in [0.15, 0.2) is 0 Å². The maximum Gasteiger partial charge on any atom is 0.317 e. The maximum atomic E-state index is 11.6. The van der Waals surface area contributed by atoms with E-state index < -0.39 is 11.9 Å². The Morgan fingerprint density at radius 2 is 2.19 bits per heavy atom. The van der Waals surface area contributed by atoms with E-state index in [0.717, 1.165) is 6.42 Å². The third-order valence-electron chi connectivity index (χ3n) is 2.71. The van der Waals surface area contributed by atoms with Gasteiger partial charge in [0.1, 0.15) is 5.92 Å². The molecule has 2 atom stereocenters. The molecule has 1 heterocycles. The van der Waals surface area contributed by atoms with Crippen molar-refractivity contribution in [3.05, 3.63) is 0 Å². The second kappa shape index (κ2) is 5.69. The molecule has 2 amide bonds. The van der Waals surface area contributed by atoms with Crippen molar-refractivity contribution in [2.45, 2.75) is 19.4 Å². The molecule has 0 aromatic carbocycles. The Hall–Kier alpha value is -1.30. The van der Waals surface area contributed by atoms with Crippen molar-refractivity contribution in [3.8, 4) is 0 Å². The minimum absolute atomic E-state index is 0.178. The number of aliphatic carboxylic acids is 1. The first kappa shape index (κ1) is 12.8. The average molecular weight is 230 g/mol. The number of nitrogens with zero attached hydrogens (tertiary/aromatic N) is 1. The summed E-state index contributed by atoms with van der Waals surface area (Å²) in [5.74, 6) is -1.53.